The Kier molecular flexibility index (Phi) is 8.30. The lowest BCUT2D eigenvalue weighted by Gasteiger charge is -2.34. The first-order chi connectivity index (χ1) is 14.8. The zero-order valence-electron chi connectivity index (χ0n) is 17.4. The summed E-state index contributed by atoms with van der Waals surface area (Å²) in [6.45, 7) is 4.88. The van der Waals surface area contributed by atoms with Crippen molar-refractivity contribution in [1.82, 2.24) is 4.72 Å². The summed E-state index contributed by atoms with van der Waals surface area (Å²) in [5, 5.41) is 0. The third kappa shape index (κ3) is 6.66. The Morgan fingerprint density at radius 2 is 1.53 bits per heavy atom. The molecule has 0 aromatic heterocycles. The average molecular weight is 479 g/mol. The summed E-state index contributed by atoms with van der Waals surface area (Å²) in [6.07, 6.45) is -7.79. The Bertz CT molecular complexity index is 913. The standard InChI is InChI=1S/C22H23F6NO2S/c1-4-10-20(29-32(3)30,17-8-6-5-7-9-17)14-31-15(2)16-11-18(21(23,24)25)13-19(12-16)22(26,27)28/h4-9,11-13,15,29H,1,10,14H2,2-3H3. The number of ether oxygens (including phenoxy) is 1. The molecule has 2 aromatic rings. The van der Waals surface area contributed by atoms with Gasteiger partial charge in [-0.15, -0.1) is 6.58 Å². The van der Waals surface area contributed by atoms with E-state index in [9.17, 15) is 30.6 Å². The normalized spacial score (nSPS) is 16.2. The molecule has 0 aliphatic rings. The molecular weight excluding hydrogens is 456 g/mol. The second-order valence-corrected chi connectivity index (χ2v) is 8.40. The van der Waals surface area contributed by atoms with Gasteiger partial charge in [0.05, 0.1) is 40.4 Å². The first-order valence-corrected chi connectivity index (χ1v) is 11.0. The van der Waals surface area contributed by atoms with Gasteiger partial charge >= 0.3 is 12.4 Å². The molecule has 10 heteroatoms. The molecule has 1 N–H and O–H groups in total. The van der Waals surface area contributed by atoms with Crippen molar-refractivity contribution in [2.24, 2.45) is 0 Å². The summed E-state index contributed by atoms with van der Waals surface area (Å²) in [4.78, 5) is 0. The Morgan fingerprint density at radius 1 is 1.00 bits per heavy atom. The molecule has 3 unspecified atom stereocenters. The first-order valence-electron chi connectivity index (χ1n) is 9.47. The molecule has 2 rings (SSSR count). The van der Waals surface area contributed by atoms with E-state index in [0.29, 0.717) is 17.7 Å². The van der Waals surface area contributed by atoms with E-state index in [0.717, 1.165) is 0 Å². The van der Waals surface area contributed by atoms with E-state index in [1.807, 2.05) is 0 Å². The van der Waals surface area contributed by atoms with Gasteiger partial charge in [-0.1, -0.05) is 36.4 Å². The van der Waals surface area contributed by atoms with Gasteiger partial charge in [-0.3, -0.25) is 0 Å². The second kappa shape index (κ2) is 10.2. The van der Waals surface area contributed by atoms with Crippen LogP contribution in [-0.2, 0) is 33.6 Å². The Labute approximate surface area is 185 Å². The molecule has 0 bridgehead atoms. The van der Waals surface area contributed by atoms with Crippen molar-refractivity contribution in [2.45, 2.75) is 37.3 Å². The van der Waals surface area contributed by atoms with E-state index < -0.39 is 46.1 Å². The van der Waals surface area contributed by atoms with E-state index in [-0.39, 0.29) is 24.7 Å². The lowest BCUT2D eigenvalue weighted by atomic mass is 9.88. The van der Waals surface area contributed by atoms with Gasteiger partial charge in [0.15, 0.2) is 0 Å². The highest BCUT2D eigenvalue weighted by molar-refractivity contribution is 7.82. The number of benzene rings is 2. The maximum atomic E-state index is 13.2. The van der Waals surface area contributed by atoms with Gasteiger partial charge < -0.3 is 4.74 Å². The van der Waals surface area contributed by atoms with Gasteiger partial charge in [-0.05, 0) is 42.7 Å². The average Bonchev–Trinajstić information content (AvgIpc) is 2.70. The predicted molar refractivity (Wildman–Crippen MR) is 111 cm³/mol. The van der Waals surface area contributed by atoms with Crippen molar-refractivity contribution < 1.29 is 35.3 Å². The minimum Gasteiger partial charge on any atom is -0.371 e. The van der Waals surface area contributed by atoms with Crippen LogP contribution >= 0.6 is 0 Å². The molecule has 0 saturated heterocycles. The van der Waals surface area contributed by atoms with E-state index in [1.54, 1.807) is 36.4 Å². The van der Waals surface area contributed by atoms with Crippen molar-refractivity contribution in [3.8, 4) is 0 Å². The molecule has 32 heavy (non-hydrogen) atoms. The number of nitrogens with one attached hydrogen (secondary N) is 1. The van der Waals surface area contributed by atoms with Gasteiger partial charge in [0.2, 0.25) is 0 Å². The van der Waals surface area contributed by atoms with Gasteiger partial charge in [0.1, 0.15) is 0 Å². The molecule has 3 atom stereocenters. The highest BCUT2D eigenvalue weighted by atomic mass is 32.2. The minimum atomic E-state index is -4.95. The quantitative estimate of drug-likeness (QED) is 0.346. The van der Waals surface area contributed by atoms with E-state index >= 15 is 0 Å². The zero-order valence-corrected chi connectivity index (χ0v) is 18.2. The van der Waals surface area contributed by atoms with Crippen molar-refractivity contribution in [1.29, 1.82) is 0 Å². The Balaban J connectivity index is 2.42. The number of hydrogen-bond donors (Lipinski definition) is 1. The minimum absolute atomic E-state index is 0.0734. The first kappa shape index (κ1) is 26.1. The van der Waals surface area contributed by atoms with Crippen LogP contribution in [0.4, 0.5) is 26.3 Å². The number of hydrogen-bond acceptors (Lipinski definition) is 2. The fraction of sp³-hybridized carbons (Fsp3) is 0.364. The van der Waals surface area contributed by atoms with Crippen molar-refractivity contribution in [3.63, 3.8) is 0 Å². The van der Waals surface area contributed by atoms with Gasteiger partial charge in [-0.2, -0.15) is 26.3 Å². The summed E-state index contributed by atoms with van der Waals surface area (Å²) < 4.78 is 99.7. The zero-order chi connectivity index (χ0) is 24.2. The number of alkyl halides is 6. The van der Waals surface area contributed by atoms with Crippen LogP contribution in [0, 0.1) is 0 Å². The van der Waals surface area contributed by atoms with Crippen LogP contribution in [0.25, 0.3) is 0 Å². The van der Waals surface area contributed by atoms with E-state index in [2.05, 4.69) is 11.3 Å². The number of rotatable bonds is 9. The smallest absolute Gasteiger partial charge is 0.371 e. The van der Waals surface area contributed by atoms with Crippen molar-refractivity contribution >= 4 is 11.0 Å². The topological polar surface area (TPSA) is 38.3 Å². The maximum absolute atomic E-state index is 13.2. The fourth-order valence-corrected chi connectivity index (χ4v) is 4.06. The third-order valence-electron chi connectivity index (χ3n) is 4.82. The lowest BCUT2D eigenvalue weighted by molar-refractivity contribution is -0.143. The molecule has 0 aliphatic carbocycles. The molecule has 0 saturated carbocycles. The summed E-state index contributed by atoms with van der Waals surface area (Å²) in [6, 6.07) is 10.1. The molecule has 0 heterocycles. The summed E-state index contributed by atoms with van der Waals surface area (Å²) in [7, 11) is -1.50. The van der Waals surface area contributed by atoms with Gasteiger partial charge in [0, 0.05) is 6.26 Å². The molecule has 0 radical (unpaired) electrons. The monoisotopic (exact) mass is 479 g/mol. The Morgan fingerprint density at radius 3 is 1.97 bits per heavy atom. The molecule has 176 valence electrons. The summed E-state index contributed by atoms with van der Waals surface area (Å²) in [5.74, 6) is 0. The van der Waals surface area contributed by atoms with Crippen LogP contribution in [0.15, 0.2) is 61.2 Å². The van der Waals surface area contributed by atoms with Crippen LogP contribution in [0.3, 0.4) is 0 Å². The van der Waals surface area contributed by atoms with Crippen LogP contribution in [0.1, 0.15) is 41.7 Å². The highest BCUT2D eigenvalue weighted by Gasteiger charge is 2.38. The SMILES string of the molecule is C=CCC(COC(C)c1cc(C(F)(F)F)cc(C(F)(F)F)c1)(NS(C)=O)c1ccccc1. The lowest BCUT2D eigenvalue weighted by Crippen LogP contribution is -2.46. The summed E-state index contributed by atoms with van der Waals surface area (Å²) >= 11 is 0. The summed E-state index contributed by atoms with van der Waals surface area (Å²) in [5.41, 5.74) is -3.46. The van der Waals surface area contributed by atoms with E-state index in [1.165, 1.54) is 13.2 Å². The highest BCUT2D eigenvalue weighted by Crippen LogP contribution is 2.38. The molecule has 0 fully saturated rings. The number of halogens is 6. The van der Waals surface area contributed by atoms with Crippen molar-refractivity contribution in [2.75, 3.05) is 12.9 Å². The van der Waals surface area contributed by atoms with Crippen LogP contribution in [-0.4, -0.2) is 17.1 Å². The van der Waals surface area contributed by atoms with Crippen LogP contribution < -0.4 is 4.72 Å². The third-order valence-corrected chi connectivity index (χ3v) is 5.50. The largest absolute Gasteiger partial charge is 0.416 e. The predicted octanol–water partition coefficient (Wildman–Crippen LogP) is 6.16. The van der Waals surface area contributed by atoms with E-state index in [4.69, 9.17) is 4.74 Å². The maximum Gasteiger partial charge on any atom is 0.416 e. The molecule has 0 amide bonds. The molecule has 0 aliphatic heterocycles. The van der Waals surface area contributed by atoms with Crippen molar-refractivity contribution in [3.05, 3.63) is 83.4 Å². The second-order valence-electron chi connectivity index (χ2n) is 7.29. The molecule has 2 aromatic carbocycles. The van der Waals surface area contributed by atoms with Gasteiger partial charge in [0.25, 0.3) is 0 Å². The molecule has 0 spiro atoms. The Hall–Kier alpha value is -2.17. The fourth-order valence-electron chi connectivity index (χ4n) is 3.25. The van der Waals surface area contributed by atoms with Crippen LogP contribution in [0.5, 0.6) is 0 Å². The molecular formula is C22H23F6NO2S. The molecule has 3 nitrogen and oxygen atoms in total. The van der Waals surface area contributed by atoms with Crippen LogP contribution in [0.2, 0.25) is 0 Å². The van der Waals surface area contributed by atoms with Gasteiger partial charge in [-0.25, -0.2) is 8.93 Å².